The molecule has 0 aromatic carbocycles. The van der Waals surface area contributed by atoms with E-state index in [1.807, 2.05) is 0 Å². The molecule has 1 aliphatic heterocycles. The molecule has 2 heterocycles. The second-order valence-corrected chi connectivity index (χ2v) is 4.59. The zero-order chi connectivity index (χ0) is 11.5. The van der Waals surface area contributed by atoms with Crippen LogP contribution in [0.2, 0.25) is 0 Å². The summed E-state index contributed by atoms with van der Waals surface area (Å²) in [6.07, 6.45) is 5.30. The van der Waals surface area contributed by atoms with E-state index in [1.54, 1.807) is 13.2 Å². The van der Waals surface area contributed by atoms with Gasteiger partial charge in [-0.05, 0) is 33.4 Å². The molecular weight excluding hydrogens is 204 g/mol. The van der Waals surface area contributed by atoms with Gasteiger partial charge < -0.3 is 9.32 Å². The third kappa shape index (κ3) is 2.70. The minimum atomic E-state index is 0.123. The van der Waals surface area contributed by atoms with Gasteiger partial charge >= 0.3 is 0 Å². The Morgan fingerprint density at radius 1 is 1.69 bits per heavy atom. The van der Waals surface area contributed by atoms with Crippen LogP contribution in [0.4, 0.5) is 0 Å². The first-order chi connectivity index (χ1) is 7.65. The molecule has 1 aromatic rings. The smallest absolute Gasteiger partial charge is 0.195 e. The minimum absolute atomic E-state index is 0.123. The van der Waals surface area contributed by atoms with E-state index in [0.717, 1.165) is 24.6 Å². The van der Waals surface area contributed by atoms with Crippen molar-refractivity contribution in [2.75, 3.05) is 13.6 Å². The third-order valence-electron chi connectivity index (χ3n) is 3.11. The van der Waals surface area contributed by atoms with Crippen LogP contribution in [-0.2, 0) is 17.6 Å². The maximum atomic E-state index is 10.9. The fraction of sp³-hybridized carbons (Fsp3) is 0.667. The molecule has 4 nitrogen and oxygen atoms in total. The summed E-state index contributed by atoms with van der Waals surface area (Å²) in [6, 6.07) is 0.545. The van der Waals surface area contributed by atoms with E-state index in [-0.39, 0.29) is 5.78 Å². The number of carbonyl (C=O) groups excluding carboxylic acids is 1. The summed E-state index contributed by atoms with van der Waals surface area (Å²) in [5.41, 5.74) is 0.753. The second-order valence-electron chi connectivity index (χ2n) is 4.59. The molecule has 2 rings (SSSR count). The Morgan fingerprint density at radius 3 is 3.12 bits per heavy atom. The summed E-state index contributed by atoms with van der Waals surface area (Å²) >= 11 is 0. The molecule has 0 spiro atoms. The zero-order valence-electron chi connectivity index (χ0n) is 9.90. The Kier molecular flexibility index (Phi) is 3.39. The van der Waals surface area contributed by atoms with Crippen LogP contribution in [0.15, 0.2) is 10.7 Å². The molecule has 16 heavy (non-hydrogen) atoms. The maximum absolute atomic E-state index is 10.9. The van der Waals surface area contributed by atoms with E-state index in [0.29, 0.717) is 12.5 Å². The highest BCUT2D eigenvalue weighted by atomic mass is 16.3. The fourth-order valence-corrected chi connectivity index (χ4v) is 2.22. The van der Waals surface area contributed by atoms with Crippen molar-refractivity contribution in [2.24, 2.45) is 0 Å². The molecule has 0 aliphatic carbocycles. The normalized spacial score (nSPS) is 21.5. The van der Waals surface area contributed by atoms with Gasteiger partial charge in [-0.15, -0.1) is 0 Å². The largest absolute Gasteiger partial charge is 0.449 e. The summed E-state index contributed by atoms with van der Waals surface area (Å²) in [6.45, 7) is 2.73. The lowest BCUT2D eigenvalue weighted by atomic mass is 10.1. The predicted molar refractivity (Wildman–Crippen MR) is 60.2 cm³/mol. The lowest BCUT2D eigenvalue weighted by Crippen LogP contribution is -2.26. The van der Waals surface area contributed by atoms with Crippen molar-refractivity contribution >= 4 is 5.78 Å². The van der Waals surface area contributed by atoms with Crippen molar-refractivity contribution in [3.05, 3.63) is 17.8 Å². The van der Waals surface area contributed by atoms with Gasteiger partial charge in [0, 0.05) is 12.5 Å². The summed E-state index contributed by atoms with van der Waals surface area (Å²) in [5, 5.41) is 0. The molecule has 0 saturated carbocycles. The Labute approximate surface area is 95.6 Å². The molecule has 1 fully saturated rings. The van der Waals surface area contributed by atoms with E-state index in [1.165, 1.54) is 12.8 Å². The van der Waals surface area contributed by atoms with Gasteiger partial charge in [-0.25, -0.2) is 4.98 Å². The lowest BCUT2D eigenvalue weighted by Gasteiger charge is -2.16. The Bertz CT molecular complexity index is 373. The molecule has 1 aliphatic rings. The van der Waals surface area contributed by atoms with Crippen LogP contribution in [-0.4, -0.2) is 35.3 Å². The van der Waals surface area contributed by atoms with Gasteiger partial charge in [0.1, 0.15) is 12.0 Å². The van der Waals surface area contributed by atoms with Crippen LogP contribution in [0.25, 0.3) is 0 Å². The van der Waals surface area contributed by atoms with Crippen LogP contribution >= 0.6 is 0 Å². The number of hydrogen-bond acceptors (Lipinski definition) is 4. The van der Waals surface area contributed by atoms with E-state index >= 15 is 0 Å². The molecule has 88 valence electrons. The first-order valence-corrected chi connectivity index (χ1v) is 5.78. The van der Waals surface area contributed by atoms with Gasteiger partial charge in [0.15, 0.2) is 5.89 Å². The summed E-state index contributed by atoms with van der Waals surface area (Å²) < 4.78 is 5.39. The standard InChI is InChI=1S/C12H18N2O2/c1-9(15)6-10-8-16-12(13-10)7-11-4-3-5-14(11)2/h8,11H,3-7H2,1-2H3. The summed E-state index contributed by atoms with van der Waals surface area (Å²) in [5.74, 6) is 0.882. The van der Waals surface area contributed by atoms with Crippen LogP contribution in [0, 0.1) is 0 Å². The molecule has 0 radical (unpaired) electrons. The van der Waals surface area contributed by atoms with Crippen molar-refractivity contribution < 1.29 is 9.21 Å². The lowest BCUT2D eigenvalue weighted by molar-refractivity contribution is -0.116. The van der Waals surface area contributed by atoms with Gasteiger partial charge in [0.2, 0.25) is 0 Å². The number of hydrogen-bond donors (Lipinski definition) is 0. The predicted octanol–water partition coefficient (Wildman–Crippen LogP) is 1.44. The van der Waals surface area contributed by atoms with Crippen LogP contribution < -0.4 is 0 Å². The number of rotatable bonds is 4. The Hall–Kier alpha value is -1.16. The Balaban J connectivity index is 1.94. The molecule has 0 bridgehead atoms. The summed E-state index contributed by atoms with van der Waals surface area (Å²) in [7, 11) is 2.14. The minimum Gasteiger partial charge on any atom is -0.449 e. The average molecular weight is 222 g/mol. The van der Waals surface area contributed by atoms with Crippen molar-refractivity contribution in [1.29, 1.82) is 0 Å². The first kappa shape index (κ1) is 11.3. The monoisotopic (exact) mass is 222 g/mol. The number of aromatic nitrogens is 1. The topological polar surface area (TPSA) is 46.3 Å². The van der Waals surface area contributed by atoms with E-state index in [4.69, 9.17) is 4.42 Å². The van der Waals surface area contributed by atoms with E-state index in [9.17, 15) is 4.79 Å². The molecule has 1 saturated heterocycles. The van der Waals surface area contributed by atoms with E-state index in [2.05, 4.69) is 16.9 Å². The molecular formula is C12H18N2O2. The molecule has 1 aromatic heterocycles. The molecule has 0 amide bonds. The van der Waals surface area contributed by atoms with Gasteiger partial charge in [0.05, 0.1) is 12.1 Å². The van der Waals surface area contributed by atoms with Gasteiger partial charge in [-0.3, -0.25) is 4.79 Å². The maximum Gasteiger partial charge on any atom is 0.195 e. The fourth-order valence-electron chi connectivity index (χ4n) is 2.22. The van der Waals surface area contributed by atoms with Gasteiger partial charge in [-0.1, -0.05) is 0 Å². The van der Waals surface area contributed by atoms with E-state index < -0.39 is 0 Å². The molecule has 1 atom stereocenters. The highest BCUT2D eigenvalue weighted by Gasteiger charge is 2.22. The molecule has 0 N–H and O–H groups in total. The highest BCUT2D eigenvalue weighted by molar-refractivity contribution is 5.77. The van der Waals surface area contributed by atoms with Crippen molar-refractivity contribution in [1.82, 2.24) is 9.88 Å². The van der Waals surface area contributed by atoms with Crippen molar-refractivity contribution in [2.45, 2.75) is 38.6 Å². The van der Waals surface area contributed by atoms with Gasteiger partial charge in [-0.2, -0.15) is 0 Å². The van der Waals surface area contributed by atoms with Crippen molar-refractivity contribution in [3.63, 3.8) is 0 Å². The second kappa shape index (κ2) is 4.78. The number of Topliss-reactive ketones (excluding diaryl/α,β-unsaturated/α-hetero) is 1. The SMILES string of the molecule is CC(=O)Cc1coc(CC2CCCN2C)n1. The highest BCUT2D eigenvalue weighted by Crippen LogP contribution is 2.19. The first-order valence-electron chi connectivity index (χ1n) is 5.78. The number of nitrogens with zero attached hydrogens (tertiary/aromatic N) is 2. The molecule has 1 unspecified atom stereocenters. The zero-order valence-corrected chi connectivity index (χ0v) is 9.90. The summed E-state index contributed by atoms with van der Waals surface area (Å²) in [4.78, 5) is 17.6. The molecule has 4 heteroatoms. The number of oxazole rings is 1. The van der Waals surface area contributed by atoms with Gasteiger partial charge in [0.25, 0.3) is 0 Å². The van der Waals surface area contributed by atoms with Crippen LogP contribution in [0.1, 0.15) is 31.4 Å². The quantitative estimate of drug-likeness (QED) is 0.773. The number of likely N-dealkylation sites (tertiary alicyclic amines) is 1. The van der Waals surface area contributed by atoms with Crippen LogP contribution in [0.5, 0.6) is 0 Å². The Morgan fingerprint density at radius 2 is 2.50 bits per heavy atom. The van der Waals surface area contributed by atoms with Crippen LogP contribution in [0.3, 0.4) is 0 Å². The number of likely N-dealkylation sites (N-methyl/N-ethyl adjacent to an activating group) is 1. The number of ketones is 1. The van der Waals surface area contributed by atoms with Crippen molar-refractivity contribution in [3.8, 4) is 0 Å². The average Bonchev–Trinajstić information content (AvgIpc) is 2.77. The third-order valence-corrected chi connectivity index (χ3v) is 3.11. The number of carbonyl (C=O) groups is 1.